The molecule has 2 aliphatic rings. The van der Waals surface area contributed by atoms with Crippen molar-refractivity contribution < 1.29 is 9.90 Å². The molecule has 0 heterocycles. The molecule has 0 aromatic heterocycles. The summed E-state index contributed by atoms with van der Waals surface area (Å²) in [6.07, 6.45) is 7.66. The topological polar surface area (TPSA) is 75.4 Å². The van der Waals surface area contributed by atoms with E-state index in [1.165, 1.54) is 0 Å². The largest absolute Gasteiger partial charge is 0.391 e. The van der Waals surface area contributed by atoms with Crippen molar-refractivity contribution in [2.45, 2.75) is 76.5 Å². The molecule has 2 saturated carbocycles. The van der Waals surface area contributed by atoms with Crippen LogP contribution in [0, 0.1) is 11.8 Å². The van der Waals surface area contributed by atoms with Crippen LogP contribution in [0.2, 0.25) is 0 Å². The molecule has 0 aromatic rings. The van der Waals surface area contributed by atoms with Crippen molar-refractivity contribution in [2.75, 3.05) is 0 Å². The van der Waals surface area contributed by atoms with Gasteiger partial charge in [0, 0.05) is 12.0 Å². The normalized spacial score (nSPS) is 40.5. The number of hydrogen-bond donors (Lipinski definition) is 3. The van der Waals surface area contributed by atoms with E-state index in [9.17, 15) is 9.90 Å². The van der Waals surface area contributed by atoms with Gasteiger partial charge in [0.05, 0.1) is 12.1 Å². The van der Waals surface area contributed by atoms with Crippen LogP contribution < -0.4 is 11.1 Å². The molecule has 0 spiro atoms. The van der Waals surface area contributed by atoms with Crippen molar-refractivity contribution in [2.24, 2.45) is 17.6 Å². The molecular formula is C15H28N2O2. The molecule has 5 unspecified atom stereocenters. The molecule has 2 aliphatic carbocycles. The van der Waals surface area contributed by atoms with Crippen molar-refractivity contribution in [3.63, 3.8) is 0 Å². The standard InChI is InChI=1S/C15H28N2O2/c1-10-11(6-5-7-12(10)16)15(19)17-13-8-3-2-4-9-14(13)18/h10-14,18H,2-9,16H2,1H3,(H,17,19). The summed E-state index contributed by atoms with van der Waals surface area (Å²) < 4.78 is 0. The summed E-state index contributed by atoms with van der Waals surface area (Å²) in [5.74, 6) is 0.379. The maximum atomic E-state index is 12.4. The zero-order valence-corrected chi connectivity index (χ0v) is 12.0. The molecule has 0 aliphatic heterocycles. The van der Waals surface area contributed by atoms with Gasteiger partial charge in [0.2, 0.25) is 5.91 Å². The Morgan fingerprint density at radius 1 is 1.11 bits per heavy atom. The van der Waals surface area contributed by atoms with E-state index < -0.39 is 0 Å². The SMILES string of the molecule is CC1C(N)CCCC1C(=O)NC1CCCCCC1O. The number of nitrogens with two attached hydrogens (primary N) is 1. The number of hydrogen-bond acceptors (Lipinski definition) is 3. The van der Waals surface area contributed by atoms with Crippen LogP contribution in [0.15, 0.2) is 0 Å². The molecule has 0 aromatic carbocycles. The molecule has 19 heavy (non-hydrogen) atoms. The van der Waals surface area contributed by atoms with Crippen molar-refractivity contribution in [1.82, 2.24) is 5.32 Å². The van der Waals surface area contributed by atoms with E-state index in [-0.39, 0.29) is 35.9 Å². The van der Waals surface area contributed by atoms with E-state index in [1.807, 2.05) is 0 Å². The number of aliphatic hydroxyl groups is 1. The van der Waals surface area contributed by atoms with Crippen LogP contribution in [0.4, 0.5) is 0 Å². The molecular weight excluding hydrogens is 240 g/mol. The number of rotatable bonds is 2. The Labute approximate surface area is 116 Å². The van der Waals surface area contributed by atoms with Gasteiger partial charge in [-0.25, -0.2) is 0 Å². The van der Waals surface area contributed by atoms with Gasteiger partial charge in [0.25, 0.3) is 0 Å². The second-order valence-electron chi connectivity index (χ2n) is 6.38. The summed E-state index contributed by atoms with van der Waals surface area (Å²) in [5, 5.41) is 13.2. The summed E-state index contributed by atoms with van der Waals surface area (Å²) in [6, 6.07) is 0.0870. The molecule has 2 fully saturated rings. The van der Waals surface area contributed by atoms with Crippen molar-refractivity contribution in [3.8, 4) is 0 Å². The number of carbonyl (C=O) groups is 1. The van der Waals surface area contributed by atoms with Crippen LogP contribution in [0.3, 0.4) is 0 Å². The predicted octanol–water partition coefficient (Wildman–Crippen LogP) is 1.56. The number of nitrogens with one attached hydrogen (secondary N) is 1. The smallest absolute Gasteiger partial charge is 0.223 e. The van der Waals surface area contributed by atoms with Gasteiger partial charge in [-0.3, -0.25) is 4.79 Å². The van der Waals surface area contributed by atoms with Crippen molar-refractivity contribution in [1.29, 1.82) is 0 Å². The van der Waals surface area contributed by atoms with Gasteiger partial charge >= 0.3 is 0 Å². The van der Waals surface area contributed by atoms with Gasteiger partial charge < -0.3 is 16.2 Å². The van der Waals surface area contributed by atoms with Gasteiger partial charge in [-0.2, -0.15) is 0 Å². The van der Waals surface area contributed by atoms with Gasteiger partial charge in [-0.1, -0.05) is 32.6 Å². The van der Waals surface area contributed by atoms with Crippen molar-refractivity contribution >= 4 is 5.91 Å². The summed E-state index contributed by atoms with van der Waals surface area (Å²) in [6.45, 7) is 2.08. The fourth-order valence-electron chi connectivity index (χ4n) is 3.51. The molecule has 0 saturated heterocycles. The van der Waals surface area contributed by atoms with E-state index >= 15 is 0 Å². The average Bonchev–Trinajstić information content (AvgIpc) is 2.58. The Morgan fingerprint density at radius 3 is 2.63 bits per heavy atom. The Morgan fingerprint density at radius 2 is 1.84 bits per heavy atom. The van der Waals surface area contributed by atoms with Gasteiger partial charge in [0.15, 0.2) is 0 Å². The van der Waals surface area contributed by atoms with Crippen LogP contribution in [-0.2, 0) is 4.79 Å². The van der Waals surface area contributed by atoms with Gasteiger partial charge in [-0.05, 0) is 31.6 Å². The lowest BCUT2D eigenvalue weighted by atomic mass is 9.76. The zero-order valence-electron chi connectivity index (χ0n) is 12.0. The summed E-state index contributed by atoms with van der Waals surface area (Å²) >= 11 is 0. The zero-order chi connectivity index (χ0) is 13.8. The maximum Gasteiger partial charge on any atom is 0.223 e. The summed E-state index contributed by atoms with van der Waals surface area (Å²) in [5.41, 5.74) is 6.06. The Kier molecular flexibility index (Phi) is 5.22. The summed E-state index contributed by atoms with van der Waals surface area (Å²) in [4.78, 5) is 12.4. The van der Waals surface area contributed by atoms with Crippen LogP contribution in [0.25, 0.3) is 0 Å². The second-order valence-corrected chi connectivity index (χ2v) is 6.38. The minimum Gasteiger partial charge on any atom is -0.391 e. The third-order valence-corrected chi connectivity index (χ3v) is 5.01. The number of aliphatic hydroxyl groups excluding tert-OH is 1. The molecule has 110 valence electrons. The lowest BCUT2D eigenvalue weighted by Crippen LogP contribution is -2.49. The first-order valence-electron chi connectivity index (χ1n) is 7.83. The molecule has 0 radical (unpaired) electrons. The predicted molar refractivity (Wildman–Crippen MR) is 75.5 cm³/mol. The van der Waals surface area contributed by atoms with Gasteiger partial charge in [0.1, 0.15) is 0 Å². The Balaban J connectivity index is 1.92. The molecule has 4 N–H and O–H groups in total. The third-order valence-electron chi connectivity index (χ3n) is 5.01. The van der Waals surface area contributed by atoms with E-state index in [2.05, 4.69) is 12.2 Å². The molecule has 5 atom stereocenters. The van der Waals surface area contributed by atoms with E-state index in [1.54, 1.807) is 0 Å². The van der Waals surface area contributed by atoms with E-state index in [4.69, 9.17) is 5.73 Å². The van der Waals surface area contributed by atoms with Crippen molar-refractivity contribution in [3.05, 3.63) is 0 Å². The number of amides is 1. The monoisotopic (exact) mass is 268 g/mol. The highest BCUT2D eigenvalue weighted by Gasteiger charge is 2.34. The fraction of sp³-hybridized carbons (Fsp3) is 0.933. The summed E-state index contributed by atoms with van der Waals surface area (Å²) in [7, 11) is 0. The first-order valence-corrected chi connectivity index (χ1v) is 7.83. The van der Waals surface area contributed by atoms with E-state index in [0.717, 1.165) is 51.4 Å². The minimum absolute atomic E-state index is 0.0270. The van der Waals surface area contributed by atoms with E-state index in [0.29, 0.717) is 0 Å². The first kappa shape index (κ1) is 14.8. The lowest BCUT2D eigenvalue weighted by molar-refractivity contribution is -0.129. The highest BCUT2D eigenvalue weighted by molar-refractivity contribution is 5.79. The Hall–Kier alpha value is -0.610. The average molecular weight is 268 g/mol. The highest BCUT2D eigenvalue weighted by atomic mass is 16.3. The lowest BCUT2D eigenvalue weighted by Gasteiger charge is -2.34. The van der Waals surface area contributed by atoms with Crippen LogP contribution in [-0.4, -0.2) is 29.2 Å². The molecule has 2 rings (SSSR count). The first-order chi connectivity index (χ1) is 9.09. The highest BCUT2D eigenvalue weighted by Crippen LogP contribution is 2.29. The van der Waals surface area contributed by atoms with Crippen LogP contribution in [0.5, 0.6) is 0 Å². The quantitative estimate of drug-likeness (QED) is 0.665. The number of carbonyl (C=O) groups excluding carboxylic acids is 1. The fourth-order valence-corrected chi connectivity index (χ4v) is 3.51. The van der Waals surface area contributed by atoms with Gasteiger partial charge in [-0.15, -0.1) is 0 Å². The van der Waals surface area contributed by atoms with Crippen LogP contribution in [0.1, 0.15) is 58.3 Å². The third kappa shape index (κ3) is 3.69. The minimum atomic E-state index is -0.376. The molecule has 4 heteroatoms. The molecule has 0 bridgehead atoms. The van der Waals surface area contributed by atoms with Crippen LogP contribution >= 0.6 is 0 Å². The molecule has 4 nitrogen and oxygen atoms in total. The second kappa shape index (κ2) is 6.71. The molecule has 1 amide bonds. The maximum absolute atomic E-state index is 12.4. The Bertz CT molecular complexity index is 309.